The molecule has 3 aromatic rings. The fourth-order valence-electron chi connectivity index (χ4n) is 2.76. The molecule has 1 aromatic heterocycles. The van der Waals surface area contributed by atoms with Crippen LogP contribution in [0.2, 0.25) is 0 Å². The first kappa shape index (κ1) is 16.0. The van der Waals surface area contributed by atoms with Gasteiger partial charge >= 0.3 is 0 Å². The van der Waals surface area contributed by atoms with E-state index >= 15 is 0 Å². The number of aromatic amines is 1. The molecule has 1 N–H and O–H groups in total. The Bertz CT molecular complexity index is 900. The van der Waals surface area contributed by atoms with E-state index in [0.717, 1.165) is 23.0 Å². The van der Waals surface area contributed by atoms with Crippen LogP contribution in [0.4, 0.5) is 5.69 Å². The molecule has 24 heavy (non-hydrogen) atoms. The third-order valence-electron chi connectivity index (χ3n) is 3.99. The van der Waals surface area contributed by atoms with E-state index in [4.69, 9.17) is 0 Å². The molecule has 0 radical (unpaired) electrons. The van der Waals surface area contributed by atoms with Crippen LogP contribution < -0.4 is 10.5 Å². The quantitative estimate of drug-likeness (QED) is 0.776. The van der Waals surface area contributed by atoms with E-state index in [9.17, 15) is 9.59 Å². The molecular formula is C20H20N2O2. The summed E-state index contributed by atoms with van der Waals surface area (Å²) in [5, 5.41) is 0.961. The summed E-state index contributed by atoms with van der Waals surface area (Å²) in [4.78, 5) is 29.5. The van der Waals surface area contributed by atoms with E-state index in [1.54, 1.807) is 4.90 Å². The van der Waals surface area contributed by atoms with Crippen LogP contribution in [0.25, 0.3) is 10.9 Å². The second-order valence-corrected chi connectivity index (χ2v) is 5.78. The molecule has 0 aliphatic heterocycles. The monoisotopic (exact) mass is 320 g/mol. The Kier molecular flexibility index (Phi) is 4.75. The highest BCUT2D eigenvalue weighted by Crippen LogP contribution is 2.19. The predicted octanol–water partition coefficient (Wildman–Crippen LogP) is 3.86. The van der Waals surface area contributed by atoms with Gasteiger partial charge in [-0.3, -0.25) is 9.59 Å². The highest BCUT2D eigenvalue weighted by molar-refractivity contribution is 5.93. The van der Waals surface area contributed by atoms with Gasteiger partial charge in [-0.1, -0.05) is 43.3 Å². The van der Waals surface area contributed by atoms with Crippen molar-refractivity contribution in [1.29, 1.82) is 0 Å². The minimum atomic E-state index is -0.154. The average Bonchev–Trinajstić information content (AvgIpc) is 2.60. The summed E-state index contributed by atoms with van der Waals surface area (Å²) in [6.45, 7) is 2.24. The van der Waals surface area contributed by atoms with Crippen molar-refractivity contribution in [2.75, 3.05) is 4.90 Å². The molecule has 0 fully saturated rings. The van der Waals surface area contributed by atoms with Gasteiger partial charge in [0, 0.05) is 23.2 Å². The molecule has 0 unspecified atom stereocenters. The summed E-state index contributed by atoms with van der Waals surface area (Å²) in [5.74, 6) is 0.0243. The lowest BCUT2D eigenvalue weighted by Gasteiger charge is -2.22. The smallest absolute Gasteiger partial charge is 0.253 e. The number of benzene rings is 2. The maximum atomic E-state index is 12.5. The number of anilines is 1. The van der Waals surface area contributed by atoms with Crippen LogP contribution in [0.5, 0.6) is 0 Å². The number of H-pyrrole nitrogens is 1. The Labute approximate surface area is 140 Å². The molecule has 4 heteroatoms. The molecule has 3 rings (SSSR count). The van der Waals surface area contributed by atoms with E-state index in [1.165, 1.54) is 0 Å². The number of para-hydroxylation sites is 2. The predicted molar refractivity (Wildman–Crippen MR) is 97.1 cm³/mol. The number of rotatable bonds is 5. The molecule has 2 aromatic carbocycles. The van der Waals surface area contributed by atoms with Gasteiger partial charge in [-0.25, -0.2) is 0 Å². The lowest BCUT2D eigenvalue weighted by Crippen LogP contribution is -2.32. The maximum absolute atomic E-state index is 12.5. The molecule has 0 spiro atoms. The van der Waals surface area contributed by atoms with Crippen molar-refractivity contribution in [3.63, 3.8) is 0 Å². The summed E-state index contributed by atoms with van der Waals surface area (Å²) in [5.41, 5.74) is 2.04. The van der Waals surface area contributed by atoms with Crippen LogP contribution in [0.15, 0.2) is 65.5 Å². The van der Waals surface area contributed by atoms with E-state index in [0.29, 0.717) is 12.0 Å². The van der Waals surface area contributed by atoms with Crippen LogP contribution in [0, 0.1) is 0 Å². The van der Waals surface area contributed by atoms with Crippen LogP contribution in [0.3, 0.4) is 0 Å². The van der Waals surface area contributed by atoms with Gasteiger partial charge in [-0.15, -0.1) is 0 Å². The van der Waals surface area contributed by atoms with Crippen LogP contribution in [0.1, 0.15) is 25.3 Å². The Balaban J connectivity index is 1.99. The minimum absolute atomic E-state index is 0.0243. The number of hydrogen-bond acceptors (Lipinski definition) is 2. The van der Waals surface area contributed by atoms with Gasteiger partial charge in [0.1, 0.15) is 0 Å². The zero-order valence-electron chi connectivity index (χ0n) is 13.7. The first-order chi connectivity index (χ1) is 11.7. The molecule has 0 aliphatic carbocycles. The van der Waals surface area contributed by atoms with Crippen molar-refractivity contribution in [2.45, 2.75) is 26.3 Å². The topological polar surface area (TPSA) is 53.2 Å². The summed E-state index contributed by atoms with van der Waals surface area (Å²) >= 11 is 0. The summed E-state index contributed by atoms with van der Waals surface area (Å²) < 4.78 is 0. The zero-order valence-corrected chi connectivity index (χ0v) is 13.7. The van der Waals surface area contributed by atoms with Crippen LogP contribution in [-0.4, -0.2) is 10.9 Å². The Hall–Kier alpha value is -2.88. The van der Waals surface area contributed by atoms with Gasteiger partial charge in [-0.05, 0) is 36.1 Å². The lowest BCUT2D eigenvalue weighted by molar-refractivity contribution is -0.118. The van der Waals surface area contributed by atoms with Crippen molar-refractivity contribution < 1.29 is 4.79 Å². The number of fused-ring (bicyclic) bond motifs is 1. The van der Waals surface area contributed by atoms with Crippen LogP contribution >= 0.6 is 0 Å². The van der Waals surface area contributed by atoms with Crippen molar-refractivity contribution in [2.24, 2.45) is 0 Å². The Morgan fingerprint density at radius 2 is 1.75 bits per heavy atom. The SMILES string of the molecule is CCCC(=O)N(Cc1cc2ccccc2[nH]c1=O)c1ccccc1. The molecule has 0 saturated carbocycles. The maximum Gasteiger partial charge on any atom is 0.253 e. The van der Waals surface area contributed by atoms with E-state index < -0.39 is 0 Å². The number of carbonyl (C=O) groups is 1. The van der Waals surface area contributed by atoms with Gasteiger partial charge in [0.25, 0.3) is 5.56 Å². The third kappa shape index (κ3) is 3.38. The standard InChI is InChI=1S/C20H20N2O2/c1-2-8-19(23)22(17-10-4-3-5-11-17)14-16-13-15-9-6-7-12-18(15)21-20(16)24/h3-7,9-13H,2,8,14H2,1H3,(H,21,24). The minimum Gasteiger partial charge on any atom is -0.322 e. The first-order valence-corrected chi connectivity index (χ1v) is 8.15. The molecule has 4 nitrogen and oxygen atoms in total. The van der Waals surface area contributed by atoms with E-state index in [2.05, 4.69) is 4.98 Å². The summed E-state index contributed by atoms with van der Waals surface area (Å²) in [6.07, 6.45) is 1.23. The van der Waals surface area contributed by atoms with Crippen LogP contribution in [-0.2, 0) is 11.3 Å². The Morgan fingerprint density at radius 1 is 1.04 bits per heavy atom. The fraction of sp³-hybridized carbons (Fsp3) is 0.200. The average molecular weight is 320 g/mol. The van der Waals surface area contributed by atoms with Gasteiger partial charge < -0.3 is 9.88 Å². The summed E-state index contributed by atoms with van der Waals surface area (Å²) in [7, 11) is 0. The molecule has 0 atom stereocenters. The highest BCUT2D eigenvalue weighted by Gasteiger charge is 2.17. The van der Waals surface area contributed by atoms with Gasteiger partial charge in [0.15, 0.2) is 0 Å². The normalized spacial score (nSPS) is 10.7. The van der Waals surface area contributed by atoms with E-state index in [-0.39, 0.29) is 18.0 Å². The van der Waals surface area contributed by atoms with Crippen molar-refractivity contribution in [3.8, 4) is 0 Å². The van der Waals surface area contributed by atoms with Crippen molar-refractivity contribution in [1.82, 2.24) is 4.98 Å². The molecule has 0 bridgehead atoms. The second-order valence-electron chi connectivity index (χ2n) is 5.78. The lowest BCUT2D eigenvalue weighted by atomic mass is 10.1. The number of hydrogen-bond donors (Lipinski definition) is 1. The molecule has 0 saturated heterocycles. The fourth-order valence-corrected chi connectivity index (χ4v) is 2.76. The number of carbonyl (C=O) groups excluding carboxylic acids is 1. The summed E-state index contributed by atoms with van der Waals surface area (Å²) in [6, 6.07) is 19.0. The molecule has 1 heterocycles. The first-order valence-electron chi connectivity index (χ1n) is 8.15. The van der Waals surface area contributed by atoms with Gasteiger partial charge in [0.05, 0.1) is 6.54 Å². The number of amides is 1. The van der Waals surface area contributed by atoms with Crippen molar-refractivity contribution >= 4 is 22.5 Å². The Morgan fingerprint density at radius 3 is 2.50 bits per heavy atom. The number of nitrogens with zero attached hydrogens (tertiary/aromatic N) is 1. The largest absolute Gasteiger partial charge is 0.322 e. The number of nitrogens with one attached hydrogen (secondary N) is 1. The third-order valence-corrected chi connectivity index (χ3v) is 3.99. The van der Waals surface area contributed by atoms with Gasteiger partial charge in [0.2, 0.25) is 5.91 Å². The zero-order chi connectivity index (χ0) is 16.9. The molecule has 122 valence electrons. The number of aromatic nitrogens is 1. The second kappa shape index (κ2) is 7.13. The highest BCUT2D eigenvalue weighted by atomic mass is 16.2. The molecule has 0 aliphatic rings. The van der Waals surface area contributed by atoms with Gasteiger partial charge in [-0.2, -0.15) is 0 Å². The van der Waals surface area contributed by atoms with E-state index in [1.807, 2.05) is 67.6 Å². The number of pyridine rings is 1. The molecule has 1 amide bonds. The van der Waals surface area contributed by atoms with Crippen molar-refractivity contribution in [3.05, 3.63) is 76.6 Å². The molecular weight excluding hydrogens is 300 g/mol.